The molecule has 0 aromatic rings. The van der Waals surface area contributed by atoms with E-state index in [2.05, 4.69) is 10.1 Å². The van der Waals surface area contributed by atoms with Gasteiger partial charge in [0, 0.05) is 6.61 Å². The zero-order chi connectivity index (χ0) is 11.3. The molecule has 1 heterocycles. The number of hydrogen-bond acceptors (Lipinski definition) is 5. The van der Waals surface area contributed by atoms with Crippen LogP contribution in [0, 0.1) is 0 Å². The summed E-state index contributed by atoms with van der Waals surface area (Å²) in [6.45, 7) is 2.25. The zero-order valence-corrected chi connectivity index (χ0v) is 9.23. The number of carbonyl (C=O) groups excluding carboxylic acids is 1. The Bertz CT molecular complexity index is 202. The molecule has 1 aliphatic heterocycles. The molecule has 2 N–H and O–H groups in total. The second kappa shape index (κ2) is 6.05. The average molecular weight is 217 g/mol. The van der Waals surface area contributed by atoms with Crippen molar-refractivity contribution in [3.63, 3.8) is 0 Å². The van der Waals surface area contributed by atoms with Gasteiger partial charge in [0.25, 0.3) is 0 Å². The van der Waals surface area contributed by atoms with Crippen LogP contribution in [0.15, 0.2) is 0 Å². The van der Waals surface area contributed by atoms with Crippen LogP contribution in [0.4, 0.5) is 0 Å². The molecule has 1 aliphatic rings. The smallest absolute Gasteiger partial charge is 0.325 e. The fourth-order valence-corrected chi connectivity index (χ4v) is 1.60. The number of nitrogens with one attached hydrogen (secondary N) is 1. The second-order valence-electron chi connectivity index (χ2n) is 3.76. The lowest BCUT2D eigenvalue weighted by molar-refractivity contribution is -0.148. The van der Waals surface area contributed by atoms with E-state index in [1.165, 1.54) is 7.11 Å². The minimum Gasteiger partial charge on any atom is -0.468 e. The molecule has 0 amide bonds. The number of esters is 1. The summed E-state index contributed by atoms with van der Waals surface area (Å²) in [5.74, 6) is -0.459. The SMILES string of the molecule is COC(=O)[C@@H](NC1CCCCO1)[C@@H](C)O. The van der Waals surface area contributed by atoms with Crippen molar-refractivity contribution < 1.29 is 19.4 Å². The first kappa shape index (κ1) is 12.4. The van der Waals surface area contributed by atoms with Crippen molar-refractivity contribution in [1.29, 1.82) is 0 Å². The second-order valence-corrected chi connectivity index (χ2v) is 3.76. The van der Waals surface area contributed by atoms with E-state index in [0.717, 1.165) is 19.3 Å². The highest BCUT2D eigenvalue weighted by Gasteiger charge is 2.28. The van der Waals surface area contributed by atoms with Crippen molar-refractivity contribution in [2.24, 2.45) is 0 Å². The highest BCUT2D eigenvalue weighted by Crippen LogP contribution is 2.12. The minimum atomic E-state index is -0.789. The standard InChI is InChI=1S/C10H19NO4/c1-7(12)9(10(13)14-2)11-8-5-3-4-6-15-8/h7-9,11-12H,3-6H2,1-2H3/t7-,8?,9+/m1/s1. The summed E-state index contributed by atoms with van der Waals surface area (Å²) in [6, 6.07) is -0.710. The van der Waals surface area contributed by atoms with E-state index < -0.39 is 18.1 Å². The van der Waals surface area contributed by atoms with Gasteiger partial charge in [-0.3, -0.25) is 10.1 Å². The van der Waals surface area contributed by atoms with Crippen molar-refractivity contribution in [2.75, 3.05) is 13.7 Å². The Morgan fingerprint density at radius 1 is 1.60 bits per heavy atom. The molecular weight excluding hydrogens is 198 g/mol. The van der Waals surface area contributed by atoms with Crippen molar-refractivity contribution in [3.8, 4) is 0 Å². The Morgan fingerprint density at radius 3 is 2.80 bits per heavy atom. The molecule has 0 aromatic carbocycles. The monoisotopic (exact) mass is 217 g/mol. The normalized spacial score (nSPS) is 25.7. The molecule has 88 valence electrons. The Kier molecular flexibility index (Phi) is 5.01. The lowest BCUT2D eigenvalue weighted by Gasteiger charge is -2.28. The lowest BCUT2D eigenvalue weighted by Crippen LogP contribution is -2.51. The van der Waals surface area contributed by atoms with Crippen molar-refractivity contribution in [1.82, 2.24) is 5.32 Å². The minimum absolute atomic E-state index is 0.155. The topological polar surface area (TPSA) is 67.8 Å². The van der Waals surface area contributed by atoms with Crippen LogP contribution in [-0.2, 0) is 14.3 Å². The molecule has 0 aliphatic carbocycles. The Hall–Kier alpha value is -0.650. The van der Waals surface area contributed by atoms with Gasteiger partial charge in [-0.15, -0.1) is 0 Å². The predicted octanol–water partition coefficient (Wildman–Crippen LogP) is 0.0250. The highest BCUT2D eigenvalue weighted by atomic mass is 16.5. The van der Waals surface area contributed by atoms with Crippen LogP contribution in [-0.4, -0.2) is 43.2 Å². The fourth-order valence-electron chi connectivity index (χ4n) is 1.60. The molecule has 15 heavy (non-hydrogen) atoms. The van der Waals surface area contributed by atoms with E-state index in [0.29, 0.717) is 6.61 Å². The Morgan fingerprint density at radius 2 is 2.33 bits per heavy atom. The predicted molar refractivity (Wildman–Crippen MR) is 54.2 cm³/mol. The number of aliphatic hydroxyl groups excluding tert-OH is 1. The van der Waals surface area contributed by atoms with Crippen molar-refractivity contribution >= 4 is 5.97 Å². The first-order valence-corrected chi connectivity index (χ1v) is 5.28. The number of methoxy groups -OCH3 is 1. The molecule has 0 radical (unpaired) electrons. The van der Waals surface area contributed by atoms with Gasteiger partial charge in [-0.25, -0.2) is 0 Å². The maximum absolute atomic E-state index is 11.3. The first-order valence-electron chi connectivity index (χ1n) is 5.28. The Balaban J connectivity index is 2.46. The summed E-state index contributed by atoms with van der Waals surface area (Å²) < 4.78 is 10.0. The van der Waals surface area contributed by atoms with E-state index in [-0.39, 0.29) is 6.23 Å². The quantitative estimate of drug-likeness (QED) is 0.650. The van der Waals surface area contributed by atoms with E-state index in [4.69, 9.17) is 4.74 Å². The van der Waals surface area contributed by atoms with Gasteiger partial charge >= 0.3 is 5.97 Å². The van der Waals surface area contributed by atoms with Gasteiger partial charge in [0.2, 0.25) is 0 Å². The van der Waals surface area contributed by atoms with Crippen LogP contribution >= 0.6 is 0 Å². The molecule has 1 saturated heterocycles. The number of hydrogen-bond donors (Lipinski definition) is 2. The van der Waals surface area contributed by atoms with Gasteiger partial charge in [-0.05, 0) is 26.2 Å². The van der Waals surface area contributed by atoms with E-state index in [1.807, 2.05) is 0 Å². The summed E-state index contributed by atoms with van der Waals surface area (Å²) >= 11 is 0. The molecule has 5 nitrogen and oxygen atoms in total. The van der Waals surface area contributed by atoms with Crippen molar-refractivity contribution in [3.05, 3.63) is 0 Å². The third-order valence-corrected chi connectivity index (χ3v) is 2.48. The van der Waals surface area contributed by atoms with Crippen molar-refractivity contribution in [2.45, 2.75) is 44.6 Å². The summed E-state index contributed by atoms with van der Waals surface area (Å²) in [4.78, 5) is 11.3. The van der Waals surface area contributed by atoms with Crippen LogP contribution < -0.4 is 5.32 Å². The molecular formula is C10H19NO4. The van der Waals surface area contributed by atoms with Gasteiger partial charge in [0.15, 0.2) is 0 Å². The summed E-state index contributed by atoms with van der Waals surface area (Å²) in [5.41, 5.74) is 0. The number of aliphatic hydroxyl groups is 1. The first-order chi connectivity index (χ1) is 7.15. The van der Waals surface area contributed by atoms with Gasteiger partial charge in [-0.2, -0.15) is 0 Å². The molecule has 3 atom stereocenters. The van der Waals surface area contributed by atoms with Crippen LogP contribution in [0.3, 0.4) is 0 Å². The third kappa shape index (κ3) is 3.77. The summed E-state index contributed by atoms with van der Waals surface area (Å²) in [7, 11) is 1.31. The molecule has 0 aromatic heterocycles. The molecule has 1 fully saturated rings. The maximum atomic E-state index is 11.3. The van der Waals surface area contributed by atoms with Gasteiger partial charge in [0.1, 0.15) is 12.3 Å². The highest BCUT2D eigenvalue weighted by molar-refractivity contribution is 5.76. The molecule has 0 saturated carbocycles. The zero-order valence-electron chi connectivity index (χ0n) is 9.23. The van der Waals surface area contributed by atoms with Crippen LogP contribution in [0.2, 0.25) is 0 Å². The van der Waals surface area contributed by atoms with E-state index in [1.54, 1.807) is 6.92 Å². The van der Waals surface area contributed by atoms with Gasteiger partial charge < -0.3 is 14.6 Å². The molecule has 5 heteroatoms. The molecule has 0 spiro atoms. The lowest BCUT2D eigenvalue weighted by atomic mass is 10.1. The van der Waals surface area contributed by atoms with E-state index >= 15 is 0 Å². The average Bonchev–Trinajstić information content (AvgIpc) is 2.26. The fraction of sp³-hybridized carbons (Fsp3) is 0.900. The van der Waals surface area contributed by atoms with Crippen LogP contribution in [0.1, 0.15) is 26.2 Å². The molecule has 0 bridgehead atoms. The third-order valence-electron chi connectivity index (χ3n) is 2.48. The van der Waals surface area contributed by atoms with Crippen LogP contribution in [0.5, 0.6) is 0 Å². The van der Waals surface area contributed by atoms with E-state index in [9.17, 15) is 9.90 Å². The maximum Gasteiger partial charge on any atom is 0.325 e. The largest absolute Gasteiger partial charge is 0.468 e. The van der Waals surface area contributed by atoms with Crippen LogP contribution in [0.25, 0.3) is 0 Å². The summed E-state index contributed by atoms with van der Waals surface area (Å²) in [5, 5.41) is 12.4. The number of carbonyl (C=O) groups is 1. The summed E-state index contributed by atoms with van der Waals surface area (Å²) in [6.07, 6.45) is 2.04. The van der Waals surface area contributed by atoms with Gasteiger partial charge in [0.05, 0.1) is 13.2 Å². The number of ether oxygens (including phenoxy) is 2. The molecule has 1 unspecified atom stereocenters. The molecule has 1 rings (SSSR count). The number of rotatable bonds is 4. The van der Waals surface area contributed by atoms with Gasteiger partial charge in [-0.1, -0.05) is 0 Å². The Labute approximate surface area is 89.8 Å².